The number of carbonyl (C=O) groups is 1. The van der Waals surface area contributed by atoms with Gasteiger partial charge in [-0.1, -0.05) is 48.5 Å². The molecule has 0 atom stereocenters. The van der Waals surface area contributed by atoms with Crippen molar-refractivity contribution in [3.8, 4) is 5.75 Å². The maximum Gasteiger partial charge on any atom is 0.343 e. The van der Waals surface area contributed by atoms with Gasteiger partial charge in [0.05, 0.1) is 5.56 Å². The van der Waals surface area contributed by atoms with Crippen molar-refractivity contribution < 1.29 is 9.53 Å². The van der Waals surface area contributed by atoms with Crippen LogP contribution in [0.2, 0.25) is 0 Å². The van der Waals surface area contributed by atoms with Gasteiger partial charge in [0.15, 0.2) is 0 Å². The van der Waals surface area contributed by atoms with E-state index >= 15 is 0 Å². The molecule has 0 spiro atoms. The molecule has 0 aromatic heterocycles. The number of benzene rings is 3. The summed E-state index contributed by atoms with van der Waals surface area (Å²) in [6, 6.07) is 23.9. The average Bonchev–Trinajstić information content (AvgIpc) is 2.73. The first-order valence-electron chi connectivity index (χ1n) is 9.75. The lowest BCUT2D eigenvalue weighted by atomic mass is 9.89. The Morgan fingerprint density at radius 3 is 2.19 bits per heavy atom. The van der Waals surface area contributed by atoms with Crippen LogP contribution in [-0.2, 0) is 25.7 Å². The largest absolute Gasteiger partial charge is 0.423 e. The normalized spacial score (nSPS) is 13.0. The van der Waals surface area contributed by atoms with Crippen LogP contribution in [0.3, 0.4) is 0 Å². The molecule has 0 unspecified atom stereocenters. The molecule has 3 aromatic carbocycles. The minimum Gasteiger partial charge on any atom is -0.423 e. The third-order valence-electron chi connectivity index (χ3n) is 5.26. The van der Waals surface area contributed by atoms with Crippen molar-refractivity contribution in [2.75, 3.05) is 0 Å². The van der Waals surface area contributed by atoms with Crippen molar-refractivity contribution in [1.82, 2.24) is 0 Å². The number of fused-ring (bicyclic) bond motifs is 1. The first kappa shape index (κ1) is 17.5. The van der Waals surface area contributed by atoms with Gasteiger partial charge in [-0.15, -0.1) is 0 Å². The number of aryl methyl sites for hydroxylation is 4. The summed E-state index contributed by atoms with van der Waals surface area (Å²) < 4.78 is 5.38. The molecule has 0 saturated carbocycles. The summed E-state index contributed by atoms with van der Waals surface area (Å²) in [5.74, 6) is 0.251. The summed E-state index contributed by atoms with van der Waals surface area (Å²) in [4.78, 5) is 12.2. The number of carbonyl (C=O) groups excluding carboxylic acids is 1. The van der Waals surface area contributed by atoms with Gasteiger partial charge in [0.1, 0.15) is 5.75 Å². The van der Waals surface area contributed by atoms with Gasteiger partial charge in [0.2, 0.25) is 0 Å². The highest BCUT2D eigenvalue weighted by Crippen LogP contribution is 2.23. The number of ether oxygens (including phenoxy) is 1. The molecule has 136 valence electrons. The second-order valence-corrected chi connectivity index (χ2v) is 7.21. The molecule has 3 aromatic rings. The van der Waals surface area contributed by atoms with Crippen LogP contribution in [0.4, 0.5) is 0 Å². The van der Waals surface area contributed by atoms with E-state index < -0.39 is 0 Å². The van der Waals surface area contributed by atoms with E-state index in [-0.39, 0.29) is 5.97 Å². The van der Waals surface area contributed by atoms with Crippen LogP contribution in [0.1, 0.15) is 45.5 Å². The lowest BCUT2D eigenvalue weighted by Crippen LogP contribution is -2.08. The van der Waals surface area contributed by atoms with Crippen LogP contribution in [0.15, 0.2) is 72.8 Å². The summed E-state index contributed by atoms with van der Waals surface area (Å²) in [6.07, 6.45) is 7.10. The van der Waals surface area contributed by atoms with E-state index in [1.54, 1.807) is 12.1 Å². The lowest BCUT2D eigenvalue weighted by molar-refractivity contribution is 0.0735. The third kappa shape index (κ3) is 4.46. The number of esters is 1. The zero-order valence-electron chi connectivity index (χ0n) is 15.5. The Bertz CT molecular complexity index is 911. The molecule has 0 saturated heterocycles. The topological polar surface area (TPSA) is 26.3 Å². The third-order valence-corrected chi connectivity index (χ3v) is 5.26. The van der Waals surface area contributed by atoms with Gasteiger partial charge in [0.25, 0.3) is 0 Å². The molecular formula is C25H24O2. The molecule has 0 heterocycles. The van der Waals surface area contributed by atoms with Crippen LogP contribution in [-0.4, -0.2) is 5.97 Å². The molecule has 4 rings (SSSR count). The van der Waals surface area contributed by atoms with Crippen LogP contribution < -0.4 is 4.74 Å². The molecule has 0 bridgehead atoms. The molecule has 2 heteroatoms. The van der Waals surface area contributed by atoms with Gasteiger partial charge >= 0.3 is 5.97 Å². The maximum absolute atomic E-state index is 12.2. The smallest absolute Gasteiger partial charge is 0.343 e. The van der Waals surface area contributed by atoms with Gasteiger partial charge in [-0.2, -0.15) is 0 Å². The summed E-state index contributed by atoms with van der Waals surface area (Å²) >= 11 is 0. The zero-order chi connectivity index (χ0) is 18.5. The fraction of sp³-hybridized carbons (Fsp3) is 0.240. The van der Waals surface area contributed by atoms with Crippen LogP contribution >= 0.6 is 0 Å². The van der Waals surface area contributed by atoms with Crippen molar-refractivity contribution in [2.24, 2.45) is 0 Å². The SMILES string of the molecule is O=C(Oc1ccccc1)c1ccc(CCc2ccc3c(c2)CCCC3)cc1. The van der Waals surface area contributed by atoms with E-state index in [1.165, 1.54) is 47.9 Å². The average molecular weight is 356 g/mol. The van der Waals surface area contributed by atoms with Gasteiger partial charge in [-0.05, 0) is 85.0 Å². The highest BCUT2D eigenvalue weighted by Gasteiger charge is 2.10. The quantitative estimate of drug-likeness (QED) is 0.441. The fourth-order valence-electron chi connectivity index (χ4n) is 3.69. The monoisotopic (exact) mass is 356 g/mol. The van der Waals surface area contributed by atoms with E-state index in [0.29, 0.717) is 11.3 Å². The van der Waals surface area contributed by atoms with E-state index in [0.717, 1.165) is 12.8 Å². The Morgan fingerprint density at radius 2 is 1.41 bits per heavy atom. The number of para-hydroxylation sites is 1. The molecule has 1 aliphatic carbocycles. The predicted octanol–water partition coefficient (Wildman–Crippen LogP) is 5.57. The Hall–Kier alpha value is -2.87. The van der Waals surface area contributed by atoms with Crippen LogP contribution in [0, 0.1) is 0 Å². The molecule has 2 nitrogen and oxygen atoms in total. The van der Waals surface area contributed by atoms with Gasteiger partial charge < -0.3 is 4.74 Å². The van der Waals surface area contributed by atoms with E-state index in [1.807, 2.05) is 42.5 Å². The fourth-order valence-corrected chi connectivity index (χ4v) is 3.69. The minimum atomic E-state index is -0.317. The number of hydrogen-bond acceptors (Lipinski definition) is 2. The second-order valence-electron chi connectivity index (χ2n) is 7.21. The first-order chi connectivity index (χ1) is 13.3. The predicted molar refractivity (Wildman–Crippen MR) is 108 cm³/mol. The Kier molecular flexibility index (Phi) is 5.34. The molecule has 27 heavy (non-hydrogen) atoms. The zero-order valence-corrected chi connectivity index (χ0v) is 15.5. The van der Waals surface area contributed by atoms with Crippen molar-refractivity contribution >= 4 is 5.97 Å². The van der Waals surface area contributed by atoms with E-state index in [4.69, 9.17) is 4.74 Å². The molecule has 0 aliphatic heterocycles. The van der Waals surface area contributed by atoms with Gasteiger partial charge in [-0.3, -0.25) is 0 Å². The molecule has 0 N–H and O–H groups in total. The molecular weight excluding hydrogens is 332 g/mol. The summed E-state index contributed by atoms with van der Waals surface area (Å²) in [5.41, 5.74) is 6.30. The van der Waals surface area contributed by atoms with E-state index in [2.05, 4.69) is 18.2 Å². The van der Waals surface area contributed by atoms with E-state index in [9.17, 15) is 4.79 Å². The highest BCUT2D eigenvalue weighted by atomic mass is 16.5. The standard InChI is InChI=1S/C25H24O2/c26-25(27-24-8-2-1-3-9-24)22-16-12-19(13-17-22)10-11-20-14-15-21-6-4-5-7-23(21)18-20/h1-3,8-9,12-18H,4-7,10-11H2. The number of hydrogen-bond donors (Lipinski definition) is 0. The summed E-state index contributed by atoms with van der Waals surface area (Å²) in [7, 11) is 0. The van der Waals surface area contributed by atoms with Crippen molar-refractivity contribution in [3.05, 3.63) is 101 Å². The number of rotatable bonds is 5. The van der Waals surface area contributed by atoms with Crippen LogP contribution in [0.5, 0.6) is 5.75 Å². The van der Waals surface area contributed by atoms with Gasteiger partial charge in [0, 0.05) is 0 Å². The maximum atomic E-state index is 12.2. The first-order valence-corrected chi connectivity index (χ1v) is 9.75. The van der Waals surface area contributed by atoms with Gasteiger partial charge in [-0.25, -0.2) is 4.79 Å². The van der Waals surface area contributed by atoms with Crippen molar-refractivity contribution in [2.45, 2.75) is 38.5 Å². The molecule has 1 aliphatic rings. The lowest BCUT2D eigenvalue weighted by Gasteiger charge is -2.16. The summed E-state index contributed by atoms with van der Waals surface area (Å²) in [5, 5.41) is 0. The van der Waals surface area contributed by atoms with Crippen molar-refractivity contribution in [3.63, 3.8) is 0 Å². The molecule has 0 amide bonds. The van der Waals surface area contributed by atoms with Crippen molar-refractivity contribution in [1.29, 1.82) is 0 Å². The second kappa shape index (κ2) is 8.22. The summed E-state index contributed by atoms with van der Waals surface area (Å²) in [6.45, 7) is 0. The Morgan fingerprint density at radius 1 is 0.741 bits per heavy atom. The van der Waals surface area contributed by atoms with Crippen LogP contribution in [0.25, 0.3) is 0 Å². The Balaban J connectivity index is 1.36. The Labute approximate surface area is 160 Å². The molecule has 0 fully saturated rings. The molecule has 0 radical (unpaired) electrons. The minimum absolute atomic E-state index is 0.317. The highest BCUT2D eigenvalue weighted by molar-refractivity contribution is 5.91.